The third kappa shape index (κ3) is 3.57. The molecule has 0 aromatic carbocycles. The van der Waals surface area contributed by atoms with Gasteiger partial charge in [0.1, 0.15) is 0 Å². The van der Waals surface area contributed by atoms with Crippen LogP contribution in [-0.4, -0.2) is 44.5 Å². The highest BCUT2D eigenvalue weighted by atomic mass is 16.3. The van der Waals surface area contributed by atoms with E-state index in [2.05, 4.69) is 37.7 Å². The third-order valence-electron chi connectivity index (χ3n) is 4.16. The summed E-state index contributed by atoms with van der Waals surface area (Å²) in [5.74, 6) is 0. The summed E-state index contributed by atoms with van der Waals surface area (Å²) >= 11 is 0. The zero-order valence-corrected chi connectivity index (χ0v) is 12.6. The molecule has 0 spiro atoms. The average Bonchev–Trinajstić information content (AvgIpc) is 2.77. The monoisotopic (exact) mass is 265 g/mol. The Labute approximate surface area is 116 Å². The maximum atomic E-state index is 10.7. The van der Waals surface area contributed by atoms with Crippen LogP contribution >= 0.6 is 0 Å². The first-order valence-corrected chi connectivity index (χ1v) is 7.40. The number of aromatic nitrogens is 2. The van der Waals surface area contributed by atoms with Crippen LogP contribution in [0.4, 0.5) is 0 Å². The SMILES string of the molecule is CC(C)N1CCC(O)(Cc2ccn(C(C)C)n2)CC1. The van der Waals surface area contributed by atoms with Gasteiger partial charge in [0.05, 0.1) is 11.3 Å². The summed E-state index contributed by atoms with van der Waals surface area (Å²) in [6.07, 6.45) is 4.38. The Kier molecular flexibility index (Phi) is 4.31. The minimum atomic E-state index is -0.568. The molecule has 0 amide bonds. The molecule has 2 rings (SSSR count). The molecule has 1 aliphatic rings. The van der Waals surface area contributed by atoms with Gasteiger partial charge in [-0.3, -0.25) is 4.68 Å². The highest BCUT2D eigenvalue weighted by Crippen LogP contribution is 2.26. The van der Waals surface area contributed by atoms with Crippen molar-refractivity contribution in [2.75, 3.05) is 13.1 Å². The maximum Gasteiger partial charge on any atom is 0.0728 e. The molecule has 4 nitrogen and oxygen atoms in total. The fraction of sp³-hybridized carbons (Fsp3) is 0.800. The van der Waals surface area contributed by atoms with Crippen LogP contribution in [-0.2, 0) is 6.42 Å². The zero-order valence-electron chi connectivity index (χ0n) is 12.6. The highest BCUT2D eigenvalue weighted by Gasteiger charge is 2.33. The van der Waals surface area contributed by atoms with Gasteiger partial charge < -0.3 is 10.0 Å². The quantitative estimate of drug-likeness (QED) is 0.908. The number of nitrogens with zero attached hydrogens (tertiary/aromatic N) is 3. The molecule has 1 fully saturated rings. The van der Waals surface area contributed by atoms with E-state index in [1.807, 2.05) is 16.9 Å². The summed E-state index contributed by atoms with van der Waals surface area (Å²) in [6.45, 7) is 10.6. The lowest BCUT2D eigenvalue weighted by Crippen LogP contribution is -2.47. The Hall–Kier alpha value is -0.870. The first-order valence-electron chi connectivity index (χ1n) is 7.40. The van der Waals surface area contributed by atoms with E-state index in [-0.39, 0.29) is 0 Å². The number of hydrogen-bond acceptors (Lipinski definition) is 3. The Bertz CT molecular complexity index is 403. The normalized spacial score (nSPS) is 20.4. The van der Waals surface area contributed by atoms with Crippen molar-refractivity contribution in [3.63, 3.8) is 0 Å². The lowest BCUT2D eigenvalue weighted by molar-refractivity contribution is -0.0278. The van der Waals surface area contributed by atoms with Crippen molar-refractivity contribution in [1.29, 1.82) is 0 Å². The molecule has 19 heavy (non-hydrogen) atoms. The Morgan fingerprint density at radius 2 is 1.84 bits per heavy atom. The lowest BCUT2D eigenvalue weighted by atomic mass is 9.86. The van der Waals surface area contributed by atoms with Crippen LogP contribution in [0.2, 0.25) is 0 Å². The van der Waals surface area contributed by atoms with Crippen molar-refractivity contribution in [2.45, 2.75) is 64.6 Å². The van der Waals surface area contributed by atoms with Crippen molar-refractivity contribution in [2.24, 2.45) is 0 Å². The smallest absolute Gasteiger partial charge is 0.0728 e. The molecule has 2 heterocycles. The van der Waals surface area contributed by atoms with Crippen LogP contribution in [0.3, 0.4) is 0 Å². The van der Waals surface area contributed by atoms with Crippen LogP contribution in [0.1, 0.15) is 52.3 Å². The molecule has 1 aromatic heterocycles. The van der Waals surface area contributed by atoms with Crippen molar-refractivity contribution < 1.29 is 5.11 Å². The Balaban J connectivity index is 1.95. The Morgan fingerprint density at radius 3 is 2.32 bits per heavy atom. The van der Waals surface area contributed by atoms with Gasteiger partial charge in [0.15, 0.2) is 0 Å². The van der Waals surface area contributed by atoms with E-state index in [1.165, 1.54) is 0 Å². The summed E-state index contributed by atoms with van der Waals surface area (Å²) in [5.41, 5.74) is 0.441. The van der Waals surface area contributed by atoms with Crippen LogP contribution in [0, 0.1) is 0 Å². The summed E-state index contributed by atoms with van der Waals surface area (Å²) in [7, 11) is 0. The topological polar surface area (TPSA) is 41.3 Å². The third-order valence-corrected chi connectivity index (χ3v) is 4.16. The van der Waals surface area contributed by atoms with E-state index in [0.29, 0.717) is 18.5 Å². The largest absolute Gasteiger partial charge is 0.389 e. The van der Waals surface area contributed by atoms with E-state index in [4.69, 9.17) is 0 Å². The summed E-state index contributed by atoms with van der Waals surface area (Å²) in [6, 6.07) is 2.99. The number of aliphatic hydroxyl groups is 1. The molecule has 1 aliphatic heterocycles. The van der Waals surface area contributed by atoms with E-state index in [9.17, 15) is 5.11 Å². The van der Waals surface area contributed by atoms with Gasteiger partial charge in [-0.15, -0.1) is 0 Å². The van der Waals surface area contributed by atoms with Gasteiger partial charge in [0.25, 0.3) is 0 Å². The molecule has 0 saturated carbocycles. The fourth-order valence-electron chi connectivity index (χ4n) is 2.73. The minimum Gasteiger partial charge on any atom is -0.389 e. The second-order valence-electron chi connectivity index (χ2n) is 6.41. The van der Waals surface area contributed by atoms with Crippen LogP contribution < -0.4 is 0 Å². The van der Waals surface area contributed by atoms with E-state index in [0.717, 1.165) is 31.6 Å². The van der Waals surface area contributed by atoms with Gasteiger partial charge in [0, 0.05) is 37.8 Å². The van der Waals surface area contributed by atoms with Gasteiger partial charge in [-0.05, 0) is 46.6 Å². The van der Waals surface area contributed by atoms with Crippen molar-refractivity contribution >= 4 is 0 Å². The molecule has 0 atom stereocenters. The maximum absolute atomic E-state index is 10.7. The van der Waals surface area contributed by atoms with Crippen LogP contribution in [0.5, 0.6) is 0 Å². The van der Waals surface area contributed by atoms with E-state index >= 15 is 0 Å². The first kappa shape index (κ1) is 14.5. The number of likely N-dealkylation sites (tertiary alicyclic amines) is 1. The summed E-state index contributed by atoms with van der Waals surface area (Å²) in [5, 5.41) is 15.2. The van der Waals surface area contributed by atoms with Crippen molar-refractivity contribution in [3.05, 3.63) is 18.0 Å². The standard InChI is InChI=1S/C15H27N3O/c1-12(2)17-9-6-15(19,7-10-17)11-14-5-8-18(16-14)13(3)4/h5,8,12-13,19H,6-7,9-11H2,1-4H3. The van der Waals surface area contributed by atoms with E-state index in [1.54, 1.807) is 0 Å². The molecular formula is C15H27N3O. The molecule has 0 radical (unpaired) electrons. The molecule has 0 unspecified atom stereocenters. The first-order chi connectivity index (χ1) is 8.89. The fourth-order valence-corrected chi connectivity index (χ4v) is 2.73. The van der Waals surface area contributed by atoms with Gasteiger partial charge in [0.2, 0.25) is 0 Å². The molecule has 108 valence electrons. The molecule has 1 saturated heterocycles. The summed E-state index contributed by atoms with van der Waals surface area (Å²) in [4.78, 5) is 2.43. The minimum absolute atomic E-state index is 0.381. The van der Waals surface area contributed by atoms with E-state index < -0.39 is 5.60 Å². The Morgan fingerprint density at radius 1 is 1.21 bits per heavy atom. The number of rotatable bonds is 4. The molecular weight excluding hydrogens is 238 g/mol. The second kappa shape index (κ2) is 5.63. The van der Waals surface area contributed by atoms with Crippen LogP contribution in [0.25, 0.3) is 0 Å². The van der Waals surface area contributed by atoms with Gasteiger partial charge in [-0.1, -0.05) is 0 Å². The average molecular weight is 265 g/mol. The molecule has 1 aromatic rings. The van der Waals surface area contributed by atoms with Gasteiger partial charge >= 0.3 is 0 Å². The number of hydrogen-bond donors (Lipinski definition) is 1. The predicted molar refractivity (Wildman–Crippen MR) is 77.2 cm³/mol. The zero-order chi connectivity index (χ0) is 14.0. The highest BCUT2D eigenvalue weighted by molar-refractivity contribution is 5.05. The van der Waals surface area contributed by atoms with Crippen LogP contribution in [0.15, 0.2) is 12.3 Å². The second-order valence-corrected chi connectivity index (χ2v) is 6.41. The molecule has 0 bridgehead atoms. The summed E-state index contributed by atoms with van der Waals surface area (Å²) < 4.78 is 1.96. The molecule has 0 aliphatic carbocycles. The number of piperidine rings is 1. The van der Waals surface area contributed by atoms with Gasteiger partial charge in [-0.25, -0.2) is 0 Å². The lowest BCUT2D eigenvalue weighted by Gasteiger charge is -2.39. The van der Waals surface area contributed by atoms with Crippen molar-refractivity contribution in [3.8, 4) is 0 Å². The predicted octanol–water partition coefficient (Wildman–Crippen LogP) is 2.24. The molecule has 1 N–H and O–H groups in total. The van der Waals surface area contributed by atoms with Gasteiger partial charge in [-0.2, -0.15) is 5.10 Å². The van der Waals surface area contributed by atoms with Crippen molar-refractivity contribution in [1.82, 2.24) is 14.7 Å². The molecule has 4 heteroatoms.